The number of halogens is 4. The van der Waals surface area contributed by atoms with Gasteiger partial charge in [0.1, 0.15) is 0 Å². The number of benzene rings is 3. The van der Waals surface area contributed by atoms with Crippen molar-refractivity contribution in [3.05, 3.63) is 99.6 Å². The summed E-state index contributed by atoms with van der Waals surface area (Å²) in [4.78, 5) is 14.8. The van der Waals surface area contributed by atoms with Crippen LogP contribution in [0.4, 0.5) is 18.9 Å². The van der Waals surface area contributed by atoms with Crippen LogP contribution < -0.4 is 5.32 Å². The van der Waals surface area contributed by atoms with Crippen molar-refractivity contribution in [3.8, 4) is 0 Å². The lowest BCUT2D eigenvalue weighted by Crippen LogP contribution is -2.29. The summed E-state index contributed by atoms with van der Waals surface area (Å²) >= 11 is 5.62. The predicted molar refractivity (Wildman–Crippen MR) is 115 cm³/mol. The first-order valence-corrected chi connectivity index (χ1v) is 10.2. The molecule has 1 aliphatic heterocycles. The second-order valence-electron chi connectivity index (χ2n) is 7.57. The molecule has 31 heavy (non-hydrogen) atoms. The van der Waals surface area contributed by atoms with Gasteiger partial charge in [-0.3, -0.25) is 9.69 Å². The van der Waals surface area contributed by atoms with Gasteiger partial charge in [-0.2, -0.15) is 13.2 Å². The Labute approximate surface area is 183 Å². The number of alkyl halides is 3. The van der Waals surface area contributed by atoms with Crippen LogP contribution in [0.3, 0.4) is 0 Å². The molecule has 0 aliphatic carbocycles. The molecule has 3 nitrogen and oxygen atoms in total. The highest BCUT2D eigenvalue weighted by Gasteiger charge is 2.33. The fourth-order valence-corrected chi connectivity index (χ4v) is 3.96. The molecule has 0 bridgehead atoms. The number of nitrogens with zero attached hydrogens (tertiary/aromatic N) is 1. The summed E-state index contributed by atoms with van der Waals surface area (Å²) in [5, 5.41) is 2.09. The molecule has 3 aromatic rings. The van der Waals surface area contributed by atoms with Gasteiger partial charge >= 0.3 is 6.18 Å². The Morgan fingerprint density at radius 2 is 1.71 bits per heavy atom. The maximum atomic E-state index is 13.0. The average Bonchev–Trinajstić information content (AvgIpc) is 2.75. The van der Waals surface area contributed by atoms with Gasteiger partial charge in [0.05, 0.1) is 10.6 Å². The van der Waals surface area contributed by atoms with E-state index in [0.29, 0.717) is 5.56 Å². The van der Waals surface area contributed by atoms with Gasteiger partial charge < -0.3 is 5.32 Å². The molecular weight excluding hydrogens is 425 g/mol. The number of amides is 1. The highest BCUT2D eigenvalue weighted by molar-refractivity contribution is 6.31. The Bertz CT molecular complexity index is 1100. The standard InChI is InChI=1S/C24H20ClF3N2O/c25-22-10-9-20(13-21(22)24(26,27)28)29-23(31)18-7-5-16(6-8-18)14-30-12-11-17-3-1-2-4-19(17)15-30/h1-10,13H,11-12,14-15H2,(H,29,31). The summed E-state index contributed by atoms with van der Waals surface area (Å²) in [6.45, 7) is 2.62. The normalized spacial score (nSPS) is 14.2. The highest BCUT2D eigenvalue weighted by Crippen LogP contribution is 2.36. The maximum Gasteiger partial charge on any atom is 0.417 e. The third-order valence-electron chi connectivity index (χ3n) is 5.36. The van der Waals surface area contributed by atoms with Crippen LogP contribution in [-0.2, 0) is 25.7 Å². The number of nitrogens with one attached hydrogen (secondary N) is 1. The van der Waals surface area contributed by atoms with Crippen LogP contribution in [0.1, 0.15) is 32.6 Å². The van der Waals surface area contributed by atoms with E-state index in [4.69, 9.17) is 11.6 Å². The fourth-order valence-electron chi connectivity index (χ4n) is 3.73. The number of rotatable bonds is 4. The Morgan fingerprint density at radius 3 is 2.42 bits per heavy atom. The van der Waals surface area contributed by atoms with E-state index in [0.717, 1.165) is 43.8 Å². The zero-order valence-electron chi connectivity index (χ0n) is 16.5. The van der Waals surface area contributed by atoms with Crippen molar-refractivity contribution >= 4 is 23.2 Å². The highest BCUT2D eigenvalue weighted by atomic mass is 35.5. The van der Waals surface area contributed by atoms with Gasteiger partial charge in [-0.25, -0.2) is 0 Å². The first-order chi connectivity index (χ1) is 14.8. The van der Waals surface area contributed by atoms with E-state index in [2.05, 4.69) is 28.4 Å². The van der Waals surface area contributed by atoms with Crippen molar-refractivity contribution in [1.29, 1.82) is 0 Å². The first-order valence-electron chi connectivity index (χ1n) is 9.86. The van der Waals surface area contributed by atoms with E-state index in [1.807, 2.05) is 18.2 Å². The smallest absolute Gasteiger partial charge is 0.322 e. The lowest BCUT2D eigenvalue weighted by molar-refractivity contribution is -0.137. The molecule has 4 rings (SSSR count). The molecule has 0 atom stereocenters. The van der Waals surface area contributed by atoms with E-state index in [9.17, 15) is 18.0 Å². The number of fused-ring (bicyclic) bond motifs is 1. The van der Waals surface area contributed by atoms with Gasteiger partial charge in [0.25, 0.3) is 5.91 Å². The molecule has 0 spiro atoms. The molecule has 7 heteroatoms. The maximum absolute atomic E-state index is 13.0. The fraction of sp³-hybridized carbons (Fsp3) is 0.208. The van der Waals surface area contributed by atoms with Crippen LogP contribution in [0.15, 0.2) is 66.7 Å². The summed E-state index contributed by atoms with van der Waals surface area (Å²) in [6.07, 6.45) is -3.58. The van der Waals surface area contributed by atoms with Crippen LogP contribution in [0, 0.1) is 0 Å². The van der Waals surface area contributed by atoms with Gasteiger partial charge in [-0.05, 0) is 53.4 Å². The van der Waals surface area contributed by atoms with Crippen molar-refractivity contribution in [2.45, 2.75) is 25.7 Å². The first kappa shape index (κ1) is 21.4. The molecule has 0 fully saturated rings. The predicted octanol–water partition coefficient (Wildman–Crippen LogP) is 6.17. The lowest BCUT2D eigenvalue weighted by Gasteiger charge is -2.28. The van der Waals surface area contributed by atoms with E-state index < -0.39 is 22.7 Å². The number of carbonyl (C=O) groups is 1. The lowest BCUT2D eigenvalue weighted by atomic mass is 9.99. The van der Waals surface area contributed by atoms with Gasteiger partial charge in [0, 0.05) is 30.9 Å². The molecule has 0 aromatic heterocycles. The van der Waals surface area contributed by atoms with E-state index in [1.54, 1.807) is 12.1 Å². The monoisotopic (exact) mass is 444 g/mol. The molecule has 0 unspecified atom stereocenters. The van der Waals surface area contributed by atoms with Crippen LogP contribution >= 0.6 is 11.6 Å². The summed E-state index contributed by atoms with van der Waals surface area (Å²) in [5.41, 5.74) is 3.23. The summed E-state index contributed by atoms with van der Waals surface area (Å²) < 4.78 is 39.0. The van der Waals surface area contributed by atoms with Crippen molar-refractivity contribution in [2.24, 2.45) is 0 Å². The number of hydrogen-bond acceptors (Lipinski definition) is 2. The van der Waals surface area contributed by atoms with Crippen molar-refractivity contribution in [3.63, 3.8) is 0 Å². The topological polar surface area (TPSA) is 32.3 Å². The van der Waals surface area contributed by atoms with E-state index >= 15 is 0 Å². The van der Waals surface area contributed by atoms with Crippen LogP contribution in [0.2, 0.25) is 5.02 Å². The van der Waals surface area contributed by atoms with Crippen LogP contribution in [-0.4, -0.2) is 17.4 Å². The van der Waals surface area contributed by atoms with Gasteiger partial charge in [0.2, 0.25) is 0 Å². The molecule has 0 saturated heterocycles. The Morgan fingerprint density at radius 1 is 1.00 bits per heavy atom. The van der Waals surface area contributed by atoms with E-state index in [1.165, 1.54) is 17.2 Å². The molecule has 0 saturated carbocycles. The van der Waals surface area contributed by atoms with Gasteiger partial charge in [-0.15, -0.1) is 0 Å². The largest absolute Gasteiger partial charge is 0.417 e. The van der Waals surface area contributed by atoms with Crippen molar-refractivity contribution < 1.29 is 18.0 Å². The second kappa shape index (κ2) is 8.73. The summed E-state index contributed by atoms with van der Waals surface area (Å²) in [5.74, 6) is -0.478. The van der Waals surface area contributed by atoms with Crippen LogP contribution in [0.25, 0.3) is 0 Å². The molecule has 160 valence electrons. The van der Waals surface area contributed by atoms with Crippen molar-refractivity contribution in [2.75, 3.05) is 11.9 Å². The summed E-state index contributed by atoms with van der Waals surface area (Å²) in [6, 6.07) is 18.8. The minimum atomic E-state index is -4.59. The van der Waals surface area contributed by atoms with E-state index in [-0.39, 0.29) is 5.69 Å². The summed E-state index contributed by atoms with van der Waals surface area (Å²) in [7, 11) is 0. The minimum Gasteiger partial charge on any atom is -0.322 e. The van der Waals surface area contributed by atoms with Crippen molar-refractivity contribution in [1.82, 2.24) is 4.90 Å². The molecule has 0 radical (unpaired) electrons. The van der Waals surface area contributed by atoms with Crippen LogP contribution in [0.5, 0.6) is 0 Å². The molecule has 1 heterocycles. The number of carbonyl (C=O) groups excluding carboxylic acids is 1. The number of anilines is 1. The second-order valence-corrected chi connectivity index (χ2v) is 7.98. The Kier molecular flexibility index (Phi) is 6.03. The zero-order valence-corrected chi connectivity index (χ0v) is 17.3. The van der Waals surface area contributed by atoms with Gasteiger partial charge in [0.15, 0.2) is 0 Å². The molecule has 1 N–H and O–H groups in total. The number of hydrogen-bond donors (Lipinski definition) is 1. The molecule has 3 aromatic carbocycles. The Hall–Kier alpha value is -2.83. The average molecular weight is 445 g/mol. The molecule has 1 aliphatic rings. The third-order valence-corrected chi connectivity index (χ3v) is 5.69. The third kappa shape index (κ3) is 5.09. The molecular formula is C24H20ClF3N2O. The molecule has 1 amide bonds. The Balaban J connectivity index is 1.40. The minimum absolute atomic E-state index is 0.0396. The SMILES string of the molecule is O=C(Nc1ccc(Cl)c(C(F)(F)F)c1)c1ccc(CN2CCc3ccccc3C2)cc1. The quantitative estimate of drug-likeness (QED) is 0.522. The van der Waals surface area contributed by atoms with Gasteiger partial charge in [-0.1, -0.05) is 48.0 Å². The zero-order chi connectivity index (χ0) is 22.0.